The zero-order chi connectivity index (χ0) is 12.1. The van der Waals surface area contributed by atoms with Crippen LogP contribution in [0.5, 0.6) is 0 Å². The maximum absolute atomic E-state index is 4.10. The summed E-state index contributed by atoms with van der Waals surface area (Å²) in [5.41, 5.74) is 1.27. The topological polar surface area (TPSA) is 34.0 Å². The third-order valence-corrected chi connectivity index (χ3v) is 5.56. The Kier molecular flexibility index (Phi) is 2.46. The van der Waals surface area contributed by atoms with E-state index in [-0.39, 0.29) is 5.37 Å². The summed E-state index contributed by atoms with van der Waals surface area (Å²) < 4.78 is 3.12. The number of rotatable bonds is 1. The first kappa shape index (κ1) is 11.0. The van der Waals surface area contributed by atoms with Crippen LogP contribution in [-0.2, 0) is 0 Å². The summed E-state index contributed by atoms with van der Waals surface area (Å²) in [4.78, 5) is 0. The molecule has 3 heterocycles. The van der Waals surface area contributed by atoms with E-state index in [1.165, 1.54) is 10.6 Å². The van der Waals surface area contributed by atoms with Gasteiger partial charge in [-0.1, -0.05) is 39.8 Å². The Labute approximate surface area is 121 Å². The van der Waals surface area contributed by atoms with Gasteiger partial charge in [0.05, 0.1) is 0 Å². The Morgan fingerprint density at radius 1 is 1.22 bits per heavy atom. The molecule has 0 aliphatic carbocycles. The number of aromatic nitrogens is 3. The largest absolute Gasteiger partial charge is 0.253 e. The minimum Gasteiger partial charge on any atom is -0.253 e. The van der Waals surface area contributed by atoms with Gasteiger partial charge in [-0.2, -0.15) is 0 Å². The summed E-state index contributed by atoms with van der Waals surface area (Å²) in [7, 11) is 0. The Morgan fingerprint density at radius 2 is 2.06 bits per heavy atom. The number of benzene rings is 1. The molecule has 0 spiro atoms. The van der Waals surface area contributed by atoms with Gasteiger partial charge in [0.1, 0.15) is 16.7 Å². The van der Waals surface area contributed by atoms with Crippen LogP contribution in [0.2, 0.25) is 0 Å². The zero-order valence-corrected chi connectivity index (χ0v) is 12.2. The lowest BCUT2D eigenvalue weighted by Gasteiger charge is -2.24. The molecular weight excluding hydrogens is 332 g/mol. The predicted octanol–water partition coefficient (Wildman–Crippen LogP) is 3.33. The van der Waals surface area contributed by atoms with E-state index in [0.717, 1.165) is 9.63 Å². The highest BCUT2D eigenvalue weighted by atomic mass is 79.9. The van der Waals surface area contributed by atoms with Crippen LogP contribution in [0.15, 0.2) is 50.7 Å². The lowest BCUT2D eigenvalue weighted by atomic mass is 10.2. The third kappa shape index (κ3) is 1.54. The molecule has 2 aliphatic rings. The molecule has 2 aliphatic heterocycles. The van der Waals surface area contributed by atoms with Gasteiger partial charge in [0.2, 0.25) is 5.16 Å². The summed E-state index contributed by atoms with van der Waals surface area (Å²) >= 11 is 6.94. The van der Waals surface area contributed by atoms with Crippen molar-refractivity contribution < 1.29 is 0 Å². The third-order valence-electron chi connectivity index (χ3n) is 2.83. The number of thioether (sulfide) groups is 2. The molecule has 90 valence electrons. The van der Waals surface area contributed by atoms with Crippen LogP contribution in [0.3, 0.4) is 0 Å². The summed E-state index contributed by atoms with van der Waals surface area (Å²) in [5.74, 6) is 0. The van der Waals surface area contributed by atoms with Crippen molar-refractivity contribution >= 4 is 39.5 Å². The standard InChI is InChI=1S/C11H7BrN4S2/c12-8-3-1-7(2-4-8)10-16-9(5-17-10)18-11-14-13-6-15(11)16/h1-6,10H. The quantitative estimate of drug-likeness (QED) is 0.796. The Balaban J connectivity index is 1.75. The SMILES string of the molecule is Brc1ccc(C2SC=C3Sc4nncn4N32)cc1. The number of fused-ring (bicyclic) bond motifs is 3. The lowest BCUT2D eigenvalue weighted by Crippen LogP contribution is -2.28. The van der Waals surface area contributed by atoms with Gasteiger partial charge in [0.25, 0.3) is 0 Å². The van der Waals surface area contributed by atoms with Crippen molar-refractivity contribution in [3.8, 4) is 0 Å². The first-order chi connectivity index (χ1) is 8.83. The van der Waals surface area contributed by atoms with Crippen LogP contribution in [0.1, 0.15) is 10.9 Å². The van der Waals surface area contributed by atoms with E-state index in [1.54, 1.807) is 18.1 Å². The van der Waals surface area contributed by atoms with Crippen molar-refractivity contribution in [2.75, 3.05) is 5.01 Å². The first-order valence-corrected chi connectivity index (χ1v) is 7.87. The van der Waals surface area contributed by atoms with E-state index in [9.17, 15) is 0 Å². The van der Waals surface area contributed by atoms with Gasteiger partial charge in [-0.25, -0.2) is 4.68 Å². The highest BCUT2D eigenvalue weighted by Gasteiger charge is 2.37. The first-order valence-electron chi connectivity index (χ1n) is 5.31. The molecular formula is C11H7BrN4S2. The molecule has 0 radical (unpaired) electrons. The molecule has 0 N–H and O–H groups in total. The maximum Gasteiger partial charge on any atom is 0.216 e. The van der Waals surface area contributed by atoms with Crippen LogP contribution in [0.4, 0.5) is 0 Å². The number of hydrogen-bond acceptors (Lipinski definition) is 5. The average molecular weight is 339 g/mol. The van der Waals surface area contributed by atoms with Crippen LogP contribution in [-0.4, -0.2) is 14.9 Å². The molecule has 1 aromatic carbocycles. The van der Waals surface area contributed by atoms with Crippen molar-refractivity contribution in [3.63, 3.8) is 0 Å². The van der Waals surface area contributed by atoms with E-state index in [0.29, 0.717) is 0 Å². The van der Waals surface area contributed by atoms with Crippen molar-refractivity contribution in [1.29, 1.82) is 0 Å². The molecule has 1 aromatic heterocycles. The van der Waals surface area contributed by atoms with Gasteiger partial charge in [-0.3, -0.25) is 5.01 Å². The predicted molar refractivity (Wildman–Crippen MR) is 76.7 cm³/mol. The Morgan fingerprint density at radius 3 is 2.89 bits per heavy atom. The second-order valence-corrected chi connectivity index (χ2v) is 6.76. The highest BCUT2D eigenvalue weighted by Crippen LogP contribution is 2.50. The summed E-state index contributed by atoms with van der Waals surface area (Å²) in [5, 5.41) is 14.9. The van der Waals surface area contributed by atoms with E-state index in [4.69, 9.17) is 0 Å². The van der Waals surface area contributed by atoms with E-state index in [1.807, 2.05) is 16.4 Å². The van der Waals surface area contributed by atoms with E-state index in [2.05, 4.69) is 60.8 Å². The van der Waals surface area contributed by atoms with Gasteiger partial charge in [-0.05, 0) is 29.5 Å². The second kappa shape index (κ2) is 4.04. The van der Waals surface area contributed by atoms with Crippen molar-refractivity contribution in [2.45, 2.75) is 10.5 Å². The highest BCUT2D eigenvalue weighted by molar-refractivity contribution is 9.10. The van der Waals surface area contributed by atoms with Crippen LogP contribution in [0.25, 0.3) is 0 Å². The number of nitrogens with zero attached hydrogens (tertiary/aromatic N) is 4. The molecule has 2 aromatic rings. The molecule has 18 heavy (non-hydrogen) atoms. The molecule has 0 saturated heterocycles. The fraction of sp³-hybridized carbons (Fsp3) is 0.0909. The van der Waals surface area contributed by atoms with Gasteiger partial charge >= 0.3 is 0 Å². The summed E-state index contributed by atoms with van der Waals surface area (Å²) in [6.07, 6.45) is 1.76. The van der Waals surface area contributed by atoms with Gasteiger partial charge < -0.3 is 0 Å². The molecule has 1 unspecified atom stereocenters. The Hall–Kier alpha value is -0.920. The fourth-order valence-electron chi connectivity index (χ4n) is 2.01. The number of halogens is 1. The van der Waals surface area contributed by atoms with Crippen LogP contribution in [0, 0.1) is 0 Å². The van der Waals surface area contributed by atoms with Crippen molar-refractivity contribution in [1.82, 2.24) is 14.9 Å². The molecule has 0 fully saturated rings. The van der Waals surface area contributed by atoms with Gasteiger partial charge in [-0.15, -0.1) is 10.2 Å². The van der Waals surface area contributed by atoms with Gasteiger partial charge in [0, 0.05) is 9.88 Å². The van der Waals surface area contributed by atoms with Crippen LogP contribution < -0.4 is 5.01 Å². The molecule has 4 nitrogen and oxygen atoms in total. The summed E-state index contributed by atoms with van der Waals surface area (Å²) in [6, 6.07) is 8.44. The smallest absolute Gasteiger partial charge is 0.216 e. The Bertz CT molecular complexity index is 637. The van der Waals surface area contributed by atoms with E-state index < -0.39 is 0 Å². The molecule has 7 heteroatoms. The fourth-order valence-corrected chi connectivity index (χ4v) is 4.49. The van der Waals surface area contributed by atoms with Crippen LogP contribution >= 0.6 is 39.5 Å². The summed E-state index contributed by atoms with van der Waals surface area (Å²) in [6.45, 7) is 0. The molecule has 0 amide bonds. The van der Waals surface area contributed by atoms with Crippen molar-refractivity contribution in [2.24, 2.45) is 0 Å². The second-order valence-electron chi connectivity index (χ2n) is 3.90. The average Bonchev–Trinajstić information content (AvgIpc) is 3.01. The molecule has 1 atom stereocenters. The minimum atomic E-state index is 0.262. The monoisotopic (exact) mass is 338 g/mol. The molecule has 4 rings (SSSR count). The van der Waals surface area contributed by atoms with Gasteiger partial charge in [0.15, 0.2) is 0 Å². The maximum atomic E-state index is 4.10. The number of hydrogen-bond donors (Lipinski definition) is 0. The molecule has 0 bridgehead atoms. The zero-order valence-electron chi connectivity index (χ0n) is 9.02. The lowest BCUT2D eigenvalue weighted by molar-refractivity contribution is 0.634. The molecule has 0 saturated carbocycles. The normalized spacial score (nSPS) is 20.8. The van der Waals surface area contributed by atoms with Crippen molar-refractivity contribution in [3.05, 3.63) is 51.1 Å². The van der Waals surface area contributed by atoms with E-state index >= 15 is 0 Å². The minimum absolute atomic E-state index is 0.262.